The quantitative estimate of drug-likeness (QED) is 0.813. The predicted octanol–water partition coefficient (Wildman–Crippen LogP) is 2.39. The molecule has 2 aromatic rings. The van der Waals surface area contributed by atoms with E-state index < -0.39 is 0 Å². The highest BCUT2D eigenvalue weighted by atomic mass is 32.1. The second-order valence-electron chi connectivity index (χ2n) is 7.45. The molecule has 2 atom stereocenters. The topological polar surface area (TPSA) is 75.9 Å². The number of nitrogens with one attached hydrogen (secondary N) is 1. The van der Waals surface area contributed by atoms with Crippen LogP contribution in [0.1, 0.15) is 56.6 Å². The van der Waals surface area contributed by atoms with Gasteiger partial charge in [0.05, 0.1) is 12.1 Å². The number of aromatic nitrogens is 4. The van der Waals surface area contributed by atoms with Gasteiger partial charge in [-0.15, -0.1) is 5.10 Å². The molecule has 1 amide bonds. The second-order valence-corrected chi connectivity index (χ2v) is 8.23. The van der Waals surface area contributed by atoms with Gasteiger partial charge < -0.3 is 5.32 Å². The Bertz CT molecular complexity index is 681. The van der Waals surface area contributed by atoms with Crippen molar-refractivity contribution in [2.75, 3.05) is 6.54 Å². The number of thiophene rings is 1. The van der Waals surface area contributed by atoms with Crippen LogP contribution in [-0.2, 0) is 11.3 Å². The zero-order valence-electron chi connectivity index (χ0n) is 15.0. The SMILES string of the molecule is O=C(NC1CCCCCC1)[C@@H]1C[C@H](n2cnnn2)CN1Cc1ccsc1. The number of amides is 1. The Balaban J connectivity index is 1.45. The summed E-state index contributed by atoms with van der Waals surface area (Å²) in [6.45, 7) is 1.59. The molecule has 0 bridgehead atoms. The molecule has 1 saturated heterocycles. The maximum absolute atomic E-state index is 13.1. The third-order valence-corrected chi connectivity index (χ3v) is 6.32. The van der Waals surface area contributed by atoms with Crippen molar-refractivity contribution in [3.05, 3.63) is 28.7 Å². The summed E-state index contributed by atoms with van der Waals surface area (Å²) >= 11 is 1.70. The van der Waals surface area contributed by atoms with Gasteiger partial charge in [-0.25, -0.2) is 4.68 Å². The lowest BCUT2D eigenvalue weighted by atomic mass is 10.1. The lowest BCUT2D eigenvalue weighted by molar-refractivity contribution is -0.126. The molecule has 0 aromatic carbocycles. The minimum absolute atomic E-state index is 0.118. The third kappa shape index (κ3) is 4.12. The summed E-state index contributed by atoms with van der Waals surface area (Å²) < 4.78 is 1.79. The molecule has 26 heavy (non-hydrogen) atoms. The molecule has 2 fully saturated rings. The highest BCUT2D eigenvalue weighted by Gasteiger charge is 2.38. The molecular formula is C18H26N6OS. The van der Waals surface area contributed by atoms with E-state index in [0.717, 1.165) is 32.4 Å². The fourth-order valence-corrected chi connectivity index (χ4v) is 4.85. The van der Waals surface area contributed by atoms with Crippen LogP contribution >= 0.6 is 11.3 Å². The summed E-state index contributed by atoms with van der Waals surface area (Å²) in [6, 6.07) is 2.50. The van der Waals surface area contributed by atoms with E-state index >= 15 is 0 Å². The van der Waals surface area contributed by atoms with E-state index in [-0.39, 0.29) is 18.0 Å². The first-order chi connectivity index (χ1) is 12.8. The van der Waals surface area contributed by atoms with Gasteiger partial charge in [0, 0.05) is 19.1 Å². The van der Waals surface area contributed by atoms with Gasteiger partial charge in [0.1, 0.15) is 6.33 Å². The van der Waals surface area contributed by atoms with Crippen LogP contribution in [0.4, 0.5) is 0 Å². The van der Waals surface area contributed by atoms with E-state index in [2.05, 4.69) is 42.6 Å². The maximum atomic E-state index is 13.1. The number of hydrogen-bond acceptors (Lipinski definition) is 6. The summed E-state index contributed by atoms with van der Waals surface area (Å²) in [7, 11) is 0. The number of carbonyl (C=O) groups excluding carboxylic acids is 1. The van der Waals surface area contributed by atoms with Crippen LogP contribution in [-0.4, -0.2) is 49.6 Å². The molecule has 1 N–H and O–H groups in total. The molecule has 0 radical (unpaired) electrons. The van der Waals surface area contributed by atoms with Crippen LogP contribution in [0, 0.1) is 0 Å². The molecule has 140 valence electrons. The Morgan fingerprint density at radius 2 is 2.12 bits per heavy atom. The first-order valence-corrected chi connectivity index (χ1v) is 10.5. The van der Waals surface area contributed by atoms with E-state index in [1.165, 1.54) is 31.2 Å². The minimum Gasteiger partial charge on any atom is -0.352 e. The van der Waals surface area contributed by atoms with E-state index in [1.807, 2.05) is 0 Å². The van der Waals surface area contributed by atoms with Crippen molar-refractivity contribution in [1.29, 1.82) is 0 Å². The first-order valence-electron chi connectivity index (χ1n) is 9.57. The van der Waals surface area contributed by atoms with E-state index in [9.17, 15) is 4.79 Å². The smallest absolute Gasteiger partial charge is 0.237 e. The van der Waals surface area contributed by atoms with Crippen LogP contribution in [0.2, 0.25) is 0 Å². The standard InChI is InChI=1S/C18H26N6OS/c25-18(20-15-5-3-1-2-4-6-15)17-9-16(24-13-19-21-22-24)11-23(17)10-14-7-8-26-12-14/h7-8,12-13,15-17H,1-6,9-11H2,(H,20,25)/t16-,17-/m0/s1. The zero-order chi connectivity index (χ0) is 17.8. The van der Waals surface area contributed by atoms with Crippen LogP contribution in [0.5, 0.6) is 0 Å². The number of nitrogens with zero attached hydrogens (tertiary/aromatic N) is 5. The minimum atomic E-state index is -0.118. The van der Waals surface area contributed by atoms with Gasteiger partial charge in [0.25, 0.3) is 0 Å². The highest BCUT2D eigenvalue weighted by molar-refractivity contribution is 7.07. The van der Waals surface area contributed by atoms with Gasteiger partial charge in [-0.1, -0.05) is 25.7 Å². The summed E-state index contributed by atoms with van der Waals surface area (Å²) in [5, 5.41) is 19.1. The molecule has 0 unspecified atom stereocenters. The van der Waals surface area contributed by atoms with Crippen molar-refractivity contribution in [3.8, 4) is 0 Å². The van der Waals surface area contributed by atoms with Gasteiger partial charge in [0.15, 0.2) is 0 Å². The van der Waals surface area contributed by atoms with Gasteiger partial charge in [-0.3, -0.25) is 9.69 Å². The molecule has 2 aliphatic rings. The molecule has 7 nitrogen and oxygen atoms in total. The van der Waals surface area contributed by atoms with Gasteiger partial charge in [-0.05, 0) is 52.1 Å². The van der Waals surface area contributed by atoms with Crippen molar-refractivity contribution < 1.29 is 4.79 Å². The Morgan fingerprint density at radius 1 is 1.27 bits per heavy atom. The first kappa shape index (κ1) is 17.6. The second kappa shape index (κ2) is 8.26. The van der Waals surface area contributed by atoms with Gasteiger partial charge in [-0.2, -0.15) is 11.3 Å². The van der Waals surface area contributed by atoms with Gasteiger partial charge >= 0.3 is 0 Å². The normalized spacial score (nSPS) is 25.2. The summed E-state index contributed by atoms with van der Waals surface area (Å²) in [4.78, 5) is 15.3. The van der Waals surface area contributed by atoms with Crippen molar-refractivity contribution in [3.63, 3.8) is 0 Å². The average molecular weight is 375 g/mol. The average Bonchev–Trinajstić information content (AvgIpc) is 3.36. The number of likely N-dealkylation sites (tertiary alicyclic amines) is 1. The Hall–Kier alpha value is -1.80. The molecule has 4 rings (SSSR count). The van der Waals surface area contributed by atoms with Crippen LogP contribution in [0.15, 0.2) is 23.2 Å². The lowest BCUT2D eigenvalue weighted by Gasteiger charge is -2.25. The van der Waals surface area contributed by atoms with Crippen molar-refractivity contribution in [1.82, 2.24) is 30.4 Å². The van der Waals surface area contributed by atoms with Crippen molar-refractivity contribution in [2.45, 2.75) is 69.6 Å². The largest absolute Gasteiger partial charge is 0.352 e. The van der Waals surface area contributed by atoms with E-state index in [1.54, 1.807) is 22.3 Å². The fraction of sp³-hybridized carbons (Fsp3) is 0.667. The highest BCUT2D eigenvalue weighted by Crippen LogP contribution is 2.29. The number of carbonyl (C=O) groups is 1. The number of tetrazole rings is 1. The van der Waals surface area contributed by atoms with Crippen molar-refractivity contribution in [2.24, 2.45) is 0 Å². The van der Waals surface area contributed by atoms with Crippen molar-refractivity contribution >= 4 is 17.2 Å². The van der Waals surface area contributed by atoms with Crippen LogP contribution < -0.4 is 5.32 Å². The summed E-state index contributed by atoms with van der Waals surface area (Å²) in [6.07, 6.45) is 9.66. The molecular weight excluding hydrogens is 348 g/mol. The Morgan fingerprint density at radius 3 is 2.81 bits per heavy atom. The third-order valence-electron chi connectivity index (χ3n) is 5.59. The van der Waals surface area contributed by atoms with Crippen LogP contribution in [0.25, 0.3) is 0 Å². The number of hydrogen-bond donors (Lipinski definition) is 1. The molecule has 2 aromatic heterocycles. The molecule has 0 spiro atoms. The maximum Gasteiger partial charge on any atom is 0.237 e. The fourth-order valence-electron chi connectivity index (χ4n) is 4.19. The monoisotopic (exact) mass is 374 g/mol. The summed E-state index contributed by atoms with van der Waals surface area (Å²) in [5.41, 5.74) is 1.26. The number of rotatable bonds is 5. The molecule has 1 saturated carbocycles. The summed E-state index contributed by atoms with van der Waals surface area (Å²) in [5.74, 6) is 0.169. The molecule has 1 aliphatic heterocycles. The Labute approximate surface area is 157 Å². The lowest BCUT2D eigenvalue weighted by Crippen LogP contribution is -2.46. The Kier molecular flexibility index (Phi) is 5.59. The van der Waals surface area contributed by atoms with E-state index in [0.29, 0.717) is 6.04 Å². The predicted molar refractivity (Wildman–Crippen MR) is 99.6 cm³/mol. The van der Waals surface area contributed by atoms with Gasteiger partial charge in [0.2, 0.25) is 5.91 Å². The van der Waals surface area contributed by atoms with Crippen LogP contribution in [0.3, 0.4) is 0 Å². The zero-order valence-corrected chi connectivity index (χ0v) is 15.8. The van der Waals surface area contributed by atoms with E-state index in [4.69, 9.17) is 0 Å². The molecule has 8 heteroatoms. The molecule has 1 aliphatic carbocycles. The molecule has 3 heterocycles.